The Balaban J connectivity index is 2.12. The molecular weight excluding hydrogens is 340 g/mol. The Morgan fingerprint density at radius 3 is 2.28 bits per heavy atom. The molecule has 1 heterocycles. The second-order valence-electron chi connectivity index (χ2n) is 5.52. The lowest BCUT2D eigenvalue weighted by molar-refractivity contribution is 0.112. The monoisotopic (exact) mass is 356 g/mol. The van der Waals surface area contributed by atoms with Crippen molar-refractivity contribution in [2.24, 2.45) is 0 Å². The van der Waals surface area contributed by atoms with E-state index in [0.717, 1.165) is 0 Å². The van der Waals surface area contributed by atoms with Crippen molar-refractivity contribution in [3.63, 3.8) is 0 Å². The first-order chi connectivity index (χ1) is 11.9. The minimum absolute atomic E-state index is 0.0596. The van der Waals surface area contributed by atoms with E-state index in [4.69, 9.17) is 4.52 Å². The molecule has 3 rings (SSSR count). The number of benzene rings is 2. The van der Waals surface area contributed by atoms with Gasteiger partial charge in [0.25, 0.3) is 10.0 Å². The molecule has 6 nitrogen and oxygen atoms in total. The molecule has 0 aliphatic heterocycles. The fraction of sp³-hybridized carbons (Fsp3) is 0.111. The summed E-state index contributed by atoms with van der Waals surface area (Å²) in [6.45, 7) is 3.42. The molecule has 1 aromatic heterocycles. The molecule has 0 bridgehead atoms. The third kappa shape index (κ3) is 3.18. The Morgan fingerprint density at radius 1 is 1.00 bits per heavy atom. The number of nitrogens with zero attached hydrogens (tertiary/aromatic N) is 1. The number of aryl methyl sites for hydroxylation is 1. The quantitative estimate of drug-likeness (QED) is 0.706. The second kappa shape index (κ2) is 6.52. The first-order valence-electron chi connectivity index (χ1n) is 7.53. The summed E-state index contributed by atoms with van der Waals surface area (Å²) in [7, 11) is -3.91. The van der Waals surface area contributed by atoms with Gasteiger partial charge in [-0.1, -0.05) is 47.6 Å². The van der Waals surface area contributed by atoms with Crippen molar-refractivity contribution in [2.75, 3.05) is 4.72 Å². The van der Waals surface area contributed by atoms with Crippen molar-refractivity contribution in [3.05, 3.63) is 65.4 Å². The molecule has 3 aromatic rings. The van der Waals surface area contributed by atoms with Crippen LogP contribution in [0.4, 0.5) is 5.82 Å². The normalized spacial score (nSPS) is 11.3. The predicted octanol–water partition coefficient (Wildman–Crippen LogP) is 3.57. The van der Waals surface area contributed by atoms with Crippen LogP contribution in [0.3, 0.4) is 0 Å². The zero-order valence-corrected chi connectivity index (χ0v) is 14.5. The first-order valence-corrected chi connectivity index (χ1v) is 9.01. The van der Waals surface area contributed by atoms with E-state index in [9.17, 15) is 13.2 Å². The van der Waals surface area contributed by atoms with Gasteiger partial charge in [-0.2, -0.15) is 0 Å². The molecule has 2 aromatic carbocycles. The number of rotatable bonds is 5. The van der Waals surface area contributed by atoms with Crippen molar-refractivity contribution < 1.29 is 17.7 Å². The zero-order chi connectivity index (χ0) is 18.0. The number of carbonyl (C=O) groups is 1. The third-order valence-corrected chi connectivity index (χ3v) is 5.34. The molecule has 0 saturated heterocycles. The van der Waals surface area contributed by atoms with E-state index in [2.05, 4.69) is 9.88 Å². The Hall–Kier alpha value is -2.93. The van der Waals surface area contributed by atoms with E-state index in [1.165, 1.54) is 6.07 Å². The topological polar surface area (TPSA) is 89.3 Å². The number of aromatic nitrogens is 1. The van der Waals surface area contributed by atoms with Crippen molar-refractivity contribution in [1.29, 1.82) is 0 Å². The van der Waals surface area contributed by atoms with Crippen LogP contribution >= 0.6 is 0 Å². The summed E-state index contributed by atoms with van der Waals surface area (Å²) < 4.78 is 33.2. The van der Waals surface area contributed by atoms with Gasteiger partial charge in [-0.15, -0.1) is 0 Å². The molecule has 0 atom stereocenters. The molecule has 0 radical (unpaired) electrons. The smallest absolute Gasteiger partial charge is 0.263 e. The van der Waals surface area contributed by atoms with Crippen LogP contribution in [0.5, 0.6) is 0 Å². The average molecular weight is 356 g/mol. The molecule has 0 unspecified atom stereocenters. The van der Waals surface area contributed by atoms with E-state index >= 15 is 0 Å². The zero-order valence-electron chi connectivity index (χ0n) is 13.7. The highest BCUT2D eigenvalue weighted by Gasteiger charge is 2.23. The standard InChI is InChI=1S/C18H16N2O4S/c1-12-13(2)24-19-18(12)20-25(22,23)17-10-6-5-9-16(17)15-8-4-3-7-14(15)11-21/h3-11H,1-2H3,(H,19,20). The van der Waals surface area contributed by atoms with Crippen LogP contribution < -0.4 is 4.72 Å². The molecule has 0 fully saturated rings. The Morgan fingerprint density at radius 2 is 1.64 bits per heavy atom. The summed E-state index contributed by atoms with van der Waals surface area (Å²) in [5.41, 5.74) is 2.02. The molecule has 7 heteroatoms. The van der Waals surface area contributed by atoms with E-state index in [-0.39, 0.29) is 10.7 Å². The van der Waals surface area contributed by atoms with Crippen LogP contribution in [0, 0.1) is 13.8 Å². The summed E-state index contributed by atoms with van der Waals surface area (Å²) in [4.78, 5) is 11.4. The van der Waals surface area contributed by atoms with E-state index in [1.807, 2.05) is 0 Å². The highest BCUT2D eigenvalue weighted by Crippen LogP contribution is 2.31. The van der Waals surface area contributed by atoms with Gasteiger partial charge in [-0.05, 0) is 25.5 Å². The molecule has 0 amide bonds. The largest absolute Gasteiger partial charge is 0.359 e. The molecule has 128 valence electrons. The number of nitrogens with one attached hydrogen (secondary N) is 1. The summed E-state index contributed by atoms with van der Waals surface area (Å²) in [5.74, 6) is 0.688. The number of carbonyl (C=O) groups excluding carboxylic acids is 1. The number of aldehydes is 1. The summed E-state index contributed by atoms with van der Waals surface area (Å²) >= 11 is 0. The van der Waals surface area contributed by atoms with Crippen LogP contribution in [-0.2, 0) is 10.0 Å². The lowest BCUT2D eigenvalue weighted by atomic mass is 10.0. The van der Waals surface area contributed by atoms with Crippen LogP contribution in [0.15, 0.2) is 57.9 Å². The molecule has 0 spiro atoms. The number of hydrogen-bond acceptors (Lipinski definition) is 5. The Bertz CT molecular complexity index is 1040. The van der Waals surface area contributed by atoms with Gasteiger partial charge in [-0.25, -0.2) is 8.42 Å². The van der Waals surface area contributed by atoms with Gasteiger partial charge < -0.3 is 4.52 Å². The van der Waals surface area contributed by atoms with Crippen molar-refractivity contribution in [2.45, 2.75) is 18.7 Å². The van der Waals surface area contributed by atoms with Gasteiger partial charge in [0.2, 0.25) is 0 Å². The van der Waals surface area contributed by atoms with Crippen LogP contribution in [0.1, 0.15) is 21.7 Å². The van der Waals surface area contributed by atoms with Crippen molar-refractivity contribution in [3.8, 4) is 11.1 Å². The molecule has 25 heavy (non-hydrogen) atoms. The summed E-state index contributed by atoms with van der Waals surface area (Å²) in [5, 5.41) is 3.74. The molecule has 0 saturated carbocycles. The van der Waals surface area contributed by atoms with E-state index in [0.29, 0.717) is 34.3 Å². The minimum Gasteiger partial charge on any atom is -0.359 e. The third-order valence-electron chi connectivity index (χ3n) is 3.94. The first kappa shape index (κ1) is 16.9. The highest BCUT2D eigenvalue weighted by molar-refractivity contribution is 7.92. The fourth-order valence-corrected chi connectivity index (χ4v) is 3.74. The maximum Gasteiger partial charge on any atom is 0.263 e. The molecule has 1 N–H and O–H groups in total. The van der Waals surface area contributed by atoms with Crippen LogP contribution in [-0.4, -0.2) is 19.9 Å². The Kier molecular flexibility index (Phi) is 4.41. The molecule has 0 aliphatic rings. The SMILES string of the molecule is Cc1onc(NS(=O)(=O)c2ccccc2-c2ccccc2C=O)c1C. The molecular formula is C18H16N2O4S. The summed E-state index contributed by atoms with van der Waals surface area (Å²) in [6, 6.07) is 13.3. The van der Waals surface area contributed by atoms with Gasteiger partial charge in [0, 0.05) is 16.7 Å². The fourth-order valence-electron chi connectivity index (χ4n) is 2.46. The van der Waals surface area contributed by atoms with E-state index in [1.54, 1.807) is 56.3 Å². The maximum absolute atomic E-state index is 12.9. The van der Waals surface area contributed by atoms with Gasteiger partial charge in [0.05, 0.1) is 4.90 Å². The Labute approximate surface area is 145 Å². The van der Waals surface area contributed by atoms with Crippen molar-refractivity contribution in [1.82, 2.24) is 5.16 Å². The second-order valence-corrected chi connectivity index (χ2v) is 7.17. The molecule has 0 aliphatic carbocycles. The van der Waals surface area contributed by atoms with Crippen LogP contribution in [0.2, 0.25) is 0 Å². The average Bonchev–Trinajstić information content (AvgIpc) is 2.93. The maximum atomic E-state index is 12.9. The van der Waals surface area contributed by atoms with Crippen molar-refractivity contribution >= 4 is 22.1 Å². The van der Waals surface area contributed by atoms with Crippen LogP contribution in [0.25, 0.3) is 11.1 Å². The lowest BCUT2D eigenvalue weighted by Gasteiger charge is -2.12. The van der Waals surface area contributed by atoms with Gasteiger partial charge in [0.15, 0.2) is 12.1 Å². The highest BCUT2D eigenvalue weighted by atomic mass is 32.2. The van der Waals surface area contributed by atoms with Gasteiger partial charge in [0.1, 0.15) is 5.76 Å². The van der Waals surface area contributed by atoms with E-state index < -0.39 is 10.0 Å². The number of sulfonamides is 1. The van der Waals surface area contributed by atoms with Gasteiger partial charge >= 0.3 is 0 Å². The number of anilines is 1. The lowest BCUT2D eigenvalue weighted by Crippen LogP contribution is -2.15. The number of hydrogen-bond donors (Lipinski definition) is 1. The summed E-state index contributed by atoms with van der Waals surface area (Å²) in [6.07, 6.45) is 0.706. The minimum atomic E-state index is -3.91. The van der Waals surface area contributed by atoms with Gasteiger partial charge in [-0.3, -0.25) is 9.52 Å². The predicted molar refractivity (Wildman–Crippen MR) is 94.1 cm³/mol.